The number of nitrogens with one attached hydrogen (secondary N) is 2. The number of nitrogens with zero attached hydrogens (tertiary/aromatic N) is 3. The van der Waals surface area contributed by atoms with Gasteiger partial charge in [-0.1, -0.05) is 0 Å². The Bertz CT molecular complexity index is 630. The highest BCUT2D eigenvalue weighted by Crippen LogP contribution is 2.17. The molecule has 132 valence electrons. The molecule has 1 rings (SSSR count). The summed E-state index contributed by atoms with van der Waals surface area (Å²) in [5, 5.41) is 9.09. The van der Waals surface area contributed by atoms with Crippen LogP contribution in [0.1, 0.15) is 26.5 Å². The van der Waals surface area contributed by atoms with Crippen LogP contribution in [0.4, 0.5) is 5.13 Å². The van der Waals surface area contributed by atoms with Crippen LogP contribution >= 0.6 is 11.3 Å². The Hall–Kier alpha value is -1.35. The third-order valence-corrected chi connectivity index (χ3v) is 6.84. The summed E-state index contributed by atoms with van der Waals surface area (Å²) in [6.07, 6.45) is 0. The lowest BCUT2D eigenvalue weighted by atomic mass is 10.3. The van der Waals surface area contributed by atoms with Gasteiger partial charge in [0.05, 0.1) is 22.7 Å². The Balaban J connectivity index is 2.46. The number of hydrogen-bond donors (Lipinski definition) is 2. The molecule has 2 N–H and O–H groups in total. The second kappa shape index (κ2) is 7.96. The molecule has 0 aliphatic carbocycles. The van der Waals surface area contributed by atoms with Gasteiger partial charge in [-0.15, -0.1) is 11.3 Å². The van der Waals surface area contributed by atoms with E-state index in [0.717, 1.165) is 10.8 Å². The van der Waals surface area contributed by atoms with Gasteiger partial charge in [-0.05, 0) is 20.8 Å². The predicted molar refractivity (Wildman–Crippen MR) is 98.2 cm³/mol. The average Bonchev–Trinajstić information content (AvgIpc) is 2.90. The van der Waals surface area contributed by atoms with Crippen LogP contribution in [0.15, 0.2) is 10.4 Å². The van der Waals surface area contributed by atoms with E-state index in [0.29, 0.717) is 19.0 Å². The monoisotopic (exact) mass is 361 g/mol. The van der Waals surface area contributed by atoms with Crippen molar-refractivity contribution in [3.63, 3.8) is 0 Å². The molecule has 0 saturated carbocycles. The van der Waals surface area contributed by atoms with E-state index in [2.05, 4.69) is 20.6 Å². The third kappa shape index (κ3) is 5.98. The van der Waals surface area contributed by atoms with Crippen molar-refractivity contribution >= 4 is 32.3 Å². The molecule has 0 amide bonds. The Morgan fingerprint density at radius 3 is 2.48 bits per heavy atom. The number of guanidine groups is 1. The van der Waals surface area contributed by atoms with Gasteiger partial charge in [0.2, 0.25) is 0 Å². The maximum atomic E-state index is 12.1. The molecular formula is C14H27N5O2S2. The van der Waals surface area contributed by atoms with E-state index in [1.807, 2.05) is 24.4 Å². The van der Waals surface area contributed by atoms with E-state index < -0.39 is 14.6 Å². The molecule has 1 aromatic rings. The van der Waals surface area contributed by atoms with Crippen molar-refractivity contribution in [2.45, 2.75) is 32.1 Å². The summed E-state index contributed by atoms with van der Waals surface area (Å²) in [6, 6.07) is 0. The third-order valence-electron chi connectivity index (χ3n) is 3.18. The maximum Gasteiger partial charge on any atom is 0.191 e. The van der Waals surface area contributed by atoms with Gasteiger partial charge in [-0.25, -0.2) is 13.4 Å². The van der Waals surface area contributed by atoms with Crippen molar-refractivity contribution in [2.75, 3.05) is 38.3 Å². The molecule has 0 fully saturated rings. The number of sulfone groups is 1. The maximum absolute atomic E-state index is 12.1. The van der Waals surface area contributed by atoms with Crippen molar-refractivity contribution in [3.05, 3.63) is 11.1 Å². The fourth-order valence-electron chi connectivity index (χ4n) is 1.59. The lowest BCUT2D eigenvalue weighted by Crippen LogP contribution is -2.41. The minimum atomic E-state index is -3.14. The van der Waals surface area contributed by atoms with E-state index in [-0.39, 0.29) is 5.75 Å². The van der Waals surface area contributed by atoms with Crippen LogP contribution in [0.25, 0.3) is 0 Å². The molecule has 0 spiro atoms. The summed E-state index contributed by atoms with van der Waals surface area (Å²) in [5.41, 5.74) is 0.920. The second-order valence-corrected chi connectivity index (χ2v) is 10.00. The first-order chi connectivity index (χ1) is 10.6. The molecule has 7 nitrogen and oxygen atoms in total. The molecule has 0 radical (unpaired) electrons. The molecule has 0 aromatic carbocycles. The van der Waals surface area contributed by atoms with Gasteiger partial charge in [0.25, 0.3) is 0 Å². The van der Waals surface area contributed by atoms with Crippen LogP contribution in [0, 0.1) is 0 Å². The molecule has 0 aliphatic rings. The smallest absolute Gasteiger partial charge is 0.191 e. The first-order valence-electron chi connectivity index (χ1n) is 7.35. The molecule has 0 saturated heterocycles. The SMILES string of the molecule is CN=C(NCCS(=O)(=O)C(C)(C)C)NCc1csc(N(C)C)n1. The quantitative estimate of drug-likeness (QED) is 0.583. The highest BCUT2D eigenvalue weighted by molar-refractivity contribution is 7.92. The first-order valence-corrected chi connectivity index (χ1v) is 9.88. The predicted octanol–water partition coefficient (Wildman–Crippen LogP) is 1.09. The van der Waals surface area contributed by atoms with E-state index in [4.69, 9.17) is 0 Å². The number of aliphatic imine (C=N–C) groups is 1. The molecule has 1 heterocycles. The topological polar surface area (TPSA) is 86.7 Å². The van der Waals surface area contributed by atoms with Crippen molar-refractivity contribution in [1.82, 2.24) is 15.6 Å². The number of rotatable bonds is 6. The molecule has 23 heavy (non-hydrogen) atoms. The standard InChI is InChI=1S/C14H27N5O2S2/c1-14(2,3)23(20,21)8-7-16-12(15-4)17-9-11-10-22-13(18-11)19(5)6/h10H,7-9H2,1-6H3,(H2,15,16,17). The zero-order valence-electron chi connectivity index (χ0n) is 14.7. The summed E-state index contributed by atoms with van der Waals surface area (Å²) in [6.45, 7) is 5.98. The number of anilines is 1. The van der Waals surface area contributed by atoms with Crippen molar-refractivity contribution in [3.8, 4) is 0 Å². The summed E-state index contributed by atoms with van der Waals surface area (Å²) in [7, 11) is 2.42. The first kappa shape index (κ1) is 19.7. The van der Waals surface area contributed by atoms with Crippen LogP contribution in [-0.4, -0.2) is 57.5 Å². The molecule has 0 bridgehead atoms. The molecule has 1 aromatic heterocycles. The minimum Gasteiger partial charge on any atom is -0.355 e. The van der Waals surface area contributed by atoms with Crippen molar-refractivity contribution < 1.29 is 8.42 Å². The van der Waals surface area contributed by atoms with Gasteiger partial charge in [0.1, 0.15) is 0 Å². The molecule has 9 heteroatoms. The average molecular weight is 362 g/mol. The van der Waals surface area contributed by atoms with Crippen LogP contribution < -0.4 is 15.5 Å². The van der Waals surface area contributed by atoms with E-state index >= 15 is 0 Å². The molecular weight excluding hydrogens is 334 g/mol. The van der Waals surface area contributed by atoms with Crippen LogP contribution in [0.3, 0.4) is 0 Å². The molecule has 0 atom stereocenters. The van der Waals surface area contributed by atoms with Crippen LogP contribution in [-0.2, 0) is 16.4 Å². The van der Waals surface area contributed by atoms with Gasteiger partial charge in [-0.2, -0.15) is 0 Å². The van der Waals surface area contributed by atoms with Crippen LogP contribution in [0.2, 0.25) is 0 Å². The van der Waals surface area contributed by atoms with Gasteiger partial charge >= 0.3 is 0 Å². The molecule has 0 aliphatic heterocycles. The van der Waals surface area contributed by atoms with Gasteiger partial charge in [0.15, 0.2) is 20.9 Å². The van der Waals surface area contributed by atoms with Crippen LogP contribution in [0.5, 0.6) is 0 Å². The van der Waals surface area contributed by atoms with Gasteiger partial charge in [0, 0.05) is 33.1 Å². The number of hydrogen-bond acceptors (Lipinski definition) is 6. The Morgan fingerprint density at radius 2 is 2.00 bits per heavy atom. The Morgan fingerprint density at radius 1 is 1.35 bits per heavy atom. The highest BCUT2D eigenvalue weighted by Gasteiger charge is 2.28. The minimum absolute atomic E-state index is 0.0681. The number of aromatic nitrogens is 1. The largest absolute Gasteiger partial charge is 0.355 e. The molecule has 0 unspecified atom stereocenters. The summed E-state index contributed by atoms with van der Waals surface area (Å²) in [4.78, 5) is 10.5. The lowest BCUT2D eigenvalue weighted by Gasteiger charge is -2.19. The second-order valence-electron chi connectivity index (χ2n) is 6.30. The fourth-order valence-corrected chi connectivity index (χ4v) is 3.33. The van der Waals surface area contributed by atoms with E-state index in [1.165, 1.54) is 0 Å². The summed E-state index contributed by atoms with van der Waals surface area (Å²) in [5.74, 6) is 0.632. The fraction of sp³-hybridized carbons (Fsp3) is 0.714. The normalized spacial score (nSPS) is 13.0. The Labute approximate surface area is 143 Å². The zero-order valence-corrected chi connectivity index (χ0v) is 16.3. The zero-order chi connectivity index (χ0) is 17.7. The highest BCUT2D eigenvalue weighted by atomic mass is 32.2. The Kier molecular flexibility index (Phi) is 6.82. The summed E-state index contributed by atoms with van der Waals surface area (Å²) >= 11 is 1.58. The van der Waals surface area contributed by atoms with E-state index in [1.54, 1.807) is 39.2 Å². The van der Waals surface area contributed by atoms with Crippen molar-refractivity contribution in [2.24, 2.45) is 4.99 Å². The lowest BCUT2D eigenvalue weighted by molar-refractivity contribution is 0.559. The van der Waals surface area contributed by atoms with Crippen molar-refractivity contribution in [1.29, 1.82) is 0 Å². The number of thiazole rings is 1. The summed E-state index contributed by atoms with van der Waals surface area (Å²) < 4.78 is 23.4. The van der Waals surface area contributed by atoms with Gasteiger partial charge < -0.3 is 15.5 Å². The van der Waals surface area contributed by atoms with Gasteiger partial charge in [-0.3, -0.25) is 4.99 Å². The van der Waals surface area contributed by atoms with E-state index in [9.17, 15) is 8.42 Å².